The highest BCUT2D eigenvalue weighted by atomic mass is 35.5. The van der Waals surface area contributed by atoms with Crippen LogP contribution in [0.3, 0.4) is 0 Å². The zero-order chi connectivity index (χ0) is 14.5. The minimum Gasteiger partial charge on any atom is -0.490 e. The van der Waals surface area contributed by atoms with E-state index in [0.29, 0.717) is 19.1 Å². The quantitative estimate of drug-likeness (QED) is 0.614. The fourth-order valence-electron chi connectivity index (χ4n) is 2.36. The fourth-order valence-corrected chi connectivity index (χ4v) is 2.85. The molecule has 0 aromatic heterocycles. The Kier molecular flexibility index (Phi) is 5.59. The molecule has 0 N–H and O–H groups in total. The lowest BCUT2D eigenvalue weighted by atomic mass is 10.1. The molecule has 1 aromatic rings. The van der Waals surface area contributed by atoms with Crippen LogP contribution in [0.1, 0.15) is 51.0 Å². The first-order chi connectivity index (χ1) is 9.67. The van der Waals surface area contributed by atoms with Gasteiger partial charge in [0.15, 0.2) is 11.5 Å². The third-order valence-corrected chi connectivity index (χ3v) is 4.33. The molecule has 2 rings (SSSR count). The van der Waals surface area contributed by atoms with E-state index in [2.05, 4.69) is 32.9 Å². The largest absolute Gasteiger partial charge is 0.490 e. The molecular weight excluding hydrogens is 272 g/mol. The lowest BCUT2D eigenvalue weighted by molar-refractivity contribution is 0.268. The molecule has 2 nitrogen and oxygen atoms in total. The Labute approximate surface area is 127 Å². The standard InChI is InChI=1S/C17H25ClO2/c1-4-8-19-15-7-6-13(11-16(15)20-9-5-2)17(18)14-10-12(14)3/h6-7,11-12,14,17H,4-5,8-10H2,1-3H3. The predicted octanol–water partition coefficient (Wildman–Crippen LogP) is 5.20. The Hall–Kier alpha value is -0.890. The zero-order valence-corrected chi connectivity index (χ0v) is 13.5. The van der Waals surface area contributed by atoms with Crippen molar-refractivity contribution in [2.45, 2.75) is 45.4 Å². The normalized spacial score (nSPS) is 22.4. The zero-order valence-electron chi connectivity index (χ0n) is 12.7. The molecule has 1 fully saturated rings. The van der Waals surface area contributed by atoms with E-state index in [9.17, 15) is 0 Å². The van der Waals surface area contributed by atoms with Crippen LogP contribution in [-0.4, -0.2) is 13.2 Å². The molecular formula is C17H25ClO2. The smallest absolute Gasteiger partial charge is 0.161 e. The van der Waals surface area contributed by atoms with Crippen LogP contribution < -0.4 is 9.47 Å². The fraction of sp³-hybridized carbons (Fsp3) is 0.647. The molecule has 3 heteroatoms. The summed E-state index contributed by atoms with van der Waals surface area (Å²) in [5.74, 6) is 3.01. The first-order valence-electron chi connectivity index (χ1n) is 7.71. The van der Waals surface area contributed by atoms with Crippen molar-refractivity contribution in [3.8, 4) is 11.5 Å². The number of halogens is 1. The Bertz CT molecular complexity index is 433. The summed E-state index contributed by atoms with van der Waals surface area (Å²) in [6, 6.07) is 6.13. The Balaban J connectivity index is 2.13. The third kappa shape index (κ3) is 3.82. The summed E-state index contributed by atoms with van der Waals surface area (Å²) in [6.45, 7) is 7.88. The van der Waals surface area contributed by atoms with Gasteiger partial charge in [-0.25, -0.2) is 0 Å². The Morgan fingerprint density at radius 3 is 2.30 bits per heavy atom. The summed E-state index contributed by atoms with van der Waals surface area (Å²) >= 11 is 6.56. The minimum absolute atomic E-state index is 0.0919. The molecule has 0 aliphatic heterocycles. The Morgan fingerprint density at radius 1 is 1.15 bits per heavy atom. The second-order valence-electron chi connectivity index (χ2n) is 5.68. The second kappa shape index (κ2) is 7.21. The van der Waals surface area contributed by atoms with Crippen molar-refractivity contribution < 1.29 is 9.47 Å². The molecule has 0 spiro atoms. The van der Waals surface area contributed by atoms with Gasteiger partial charge in [-0.3, -0.25) is 0 Å². The van der Waals surface area contributed by atoms with Crippen molar-refractivity contribution in [2.75, 3.05) is 13.2 Å². The van der Waals surface area contributed by atoms with Gasteiger partial charge in [-0.05, 0) is 48.8 Å². The van der Waals surface area contributed by atoms with Crippen molar-refractivity contribution in [1.82, 2.24) is 0 Å². The number of hydrogen-bond acceptors (Lipinski definition) is 2. The average Bonchev–Trinajstić information content (AvgIpc) is 3.19. The maximum atomic E-state index is 6.56. The molecule has 0 bridgehead atoms. The van der Waals surface area contributed by atoms with E-state index in [4.69, 9.17) is 21.1 Å². The molecule has 0 saturated heterocycles. The highest BCUT2D eigenvalue weighted by molar-refractivity contribution is 6.21. The molecule has 3 unspecified atom stereocenters. The monoisotopic (exact) mass is 296 g/mol. The van der Waals surface area contributed by atoms with E-state index < -0.39 is 0 Å². The molecule has 20 heavy (non-hydrogen) atoms. The maximum absolute atomic E-state index is 6.56. The van der Waals surface area contributed by atoms with Gasteiger partial charge in [-0.1, -0.05) is 26.8 Å². The minimum atomic E-state index is 0.0919. The van der Waals surface area contributed by atoms with E-state index in [1.807, 2.05) is 6.07 Å². The maximum Gasteiger partial charge on any atom is 0.161 e. The lowest BCUT2D eigenvalue weighted by Crippen LogP contribution is -2.03. The summed E-state index contributed by atoms with van der Waals surface area (Å²) in [5.41, 5.74) is 1.15. The Morgan fingerprint density at radius 2 is 1.75 bits per heavy atom. The van der Waals surface area contributed by atoms with E-state index >= 15 is 0 Å². The molecule has 1 saturated carbocycles. The van der Waals surface area contributed by atoms with Gasteiger partial charge in [-0.15, -0.1) is 11.6 Å². The van der Waals surface area contributed by atoms with Crippen molar-refractivity contribution in [2.24, 2.45) is 11.8 Å². The molecule has 0 radical (unpaired) electrons. The van der Waals surface area contributed by atoms with Gasteiger partial charge in [0, 0.05) is 0 Å². The summed E-state index contributed by atoms with van der Waals surface area (Å²) in [7, 11) is 0. The van der Waals surface area contributed by atoms with Crippen molar-refractivity contribution in [1.29, 1.82) is 0 Å². The average molecular weight is 297 g/mol. The molecule has 0 heterocycles. The SMILES string of the molecule is CCCOc1ccc(C(Cl)C2CC2C)cc1OCCC. The van der Waals surface area contributed by atoms with Gasteiger partial charge in [0.2, 0.25) is 0 Å². The van der Waals surface area contributed by atoms with Gasteiger partial charge in [0.05, 0.1) is 18.6 Å². The van der Waals surface area contributed by atoms with Gasteiger partial charge >= 0.3 is 0 Å². The van der Waals surface area contributed by atoms with E-state index in [1.54, 1.807) is 0 Å². The van der Waals surface area contributed by atoms with Crippen LogP contribution in [0, 0.1) is 11.8 Å². The van der Waals surface area contributed by atoms with E-state index in [-0.39, 0.29) is 5.38 Å². The molecule has 1 aliphatic carbocycles. The summed E-state index contributed by atoms with van der Waals surface area (Å²) in [5, 5.41) is 0.0919. The van der Waals surface area contributed by atoms with Crippen LogP contribution in [0.2, 0.25) is 0 Å². The third-order valence-electron chi connectivity index (χ3n) is 3.76. The van der Waals surface area contributed by atoms with Crippen LogP contribution in [0.25, 0.3) is 0 Å². The highest BCUT2D eigenvalue weighted by Crippen LogP contribution is 2.51. The van der Waals surface area contributed by atoms with Gasteiger partial charge in [-0.2, -0.15) is 0 Å². The first kappa shape index (κ1) is 15.5. The van der Waals surface area contributed by atoms with Gasteiger partial charge in [0.1, 0.15) is 0 Å². The van der Waals surface area contributed by atoms with Crippen LogP contribution >= 0.6 is 11.6 Å². The summed E-state index contributed by atoms with van der Waals surface area (Å²) in [6.07, 6.45) is 3.21. The summed E-state index contributed by atoms with van der Waals surface area (Å²) < 4.78 is 11.6. The van der Waals surface area contributed by atoms with Gasteiger partial charge < -0.3 is 9.47 Å². The lowest BCUT2D eigenvalue weighted by Gasteiger charge is -2.16. The number of benzene rings is 1. The molecule has 3 atom stereocenters. The number of hydrogen-bond donors (Lipinski definition) is 0. The van der Waals surface area contributed by atoms with Crippen LogP contribution in [0.5, 0.6) is 11.5 Å². The van der Waals surface area contributed by atoms with E-state index in [1.165, 1.54) is 6.42 Å². The number of alkyl halides is 1. The van der Waals surface area contributed by atoms with Crippen molar-refractivity contribution >= 4 is 11.6 Å². The second-order valence-corrected chi connectivity index (χ2v) is 6.15. The molecule has 0 amide bonds. The number of rotatable bonds is 8. The van der Waals surface area contributed by atoms with Gasteiger partial charge in [0.25, 0.3) is 0 Å². The number of ether oxygens (including phenoxy) is 2. The van der Waals surface area contributed by atoms with Crippen LogP contribution in [0.15, 0.2) is 18.2 Å². The van der Waals surface area contributed by atoms with E-state index in [0.717, 1.165) is 35.8 Å². The van der Waals surface area contributed by atoms with Crippen LogP contribution in [-0.2, 0) is 0 Å². The molecule has 1 aromatic carbocycles. The summed E-state index contributed by atoms with van der Waals surface area (Å²) in [4.78, 5) is 0. The highest BCUT2D eigenvalue weighted by Gasteiger charge is 2.39. The molecule has 1 aliphatic rings. The topological polar surface area (TPSA) is 18.5 Å². The predicted molar refractivity (Wildman–Crippen MR) is 83.9 cm³/mol. The van der Waals surface area contributed by atoms with Crippen molar-refractivity contribution in [3.05, 3.63) is 23.8 Å². The van der Waals surface area contributed by atoms with Crippen molar-refractivity contribution in [3.63, 3.8) is 0 Å². The molecule has 112 valence electrons. The van der Waals surface area contributed by atoms with Crippen LogP contribution in [0.4, 0.5) is 0 Å². The first-order valence-corrected chi connectivity index (χ1v) is 8.14.